The molecule has 0 saturated carbocycles. The number of nitrogens with zero attached hydrogens (tertiary/aromatic N) is 5. The van der Waals surface area contributed by atoms with Crippen molar-refractivity contribution in [3.63, 3.8) is 0 Å². The van der Waals surface area contributed by atoms with Crippen molar-refractivity contribution in [2.24, 2.45) is 0 Å². The molecular formula is C21H19F2N7O2. The first kappa shape index (κ1) is 22.5. The second-order valence-electron chi connectivity index (χ2n) is 6.91. The van der Waals surface area contributed by atoms with Gasteiger partial charge in [0, 0.05) is 37.9 Å². The molecule has 11 heteroatoms. The van der Waals surface area contributed by atoms with Gasteiger partial charge < -0.3 is 15.4 Å². The van der Waals surface area contributed by atoms with E-state index in [2.05, 4.69) is 30.6 Å². The number of rotatable bonds is 7. The maximum absolute atomic E-state index is 13.7. The Morgan fingerprint density at radius 1 is 1.22 bits per heavy atom. The molecule has 0 unspecified atom stereocenters. The molecular weight excluding hydrogens is 420 g/mol. The Labute approximate surface area is 182 Å². The molecule has 0 aromatic carbocycles. The van der Waals surface area contributed by atoms with E-state index >= 15 is 0 Å². The lowest BCUT2D eigenvalue weighted by atomic mass is 10.2. The first-order valence-electron chi connectivity index (χ1n) is 9.40. The molecule has 164 valence electrons. The second kappa shape index (κ2) is 9.30. The van der Waals surface area contributed by atoms with Crippen molar-refractivity contribution in [1.29, 1.82) is 5.26 Å². The van der Waals surface area contributed by atoms with Crippen LogP contribution in [0.3, 0.4) is 0 Å². The zero-order chi connectivity index (χ0) is 23.3. The molecule has 1 amide bonds. The normalized spacial score (nSPS) is 10.9. The van der Waals surface area contributed by atoms with Gasteiger partial charge in [0.2, 0.25) is 11.7 Å². The SMILES string of the molecule is CC(=O)Nc1cc(Nc2cc(C)nc(C(C)(F)F)n2)c(OCc2cc(C#N)ccn2)cn1. The van der Waals surface area contributed by atoms with Crippen LogP contribution in [0.5, 0.6) is 5.75 Å². The third-order valence-electron chi connectivity index (χ3n) is 4.00. The summed E-state index contributed by atoms with van der Waals surface area (Å²) in [6.07, 6.45) is 2.86. The van der Waals surface area contributed by atoms with Crippen LogP contribution in [0.25, 0.3) is 0 Å². The van der Waals surface area contributed by atoms with E-state index in [0.29, 0.717) is 29.6 Å². The monoisotopic (exact) mass is 439 g/mol. The van der Waals surface area contributed by atoms with E-state index in [9.17, 15) is 13.6 Å². The van der Waals surface area contributed by atoms with Gasteiger partial charge in [0.05, 0.1) is 29.2 Å². The molecule has 0 fully saturated rings. The number of alkyl halides is 2. The number of anilines is 3. The van der Waals surface area contributed by atoms with Crippen molar-refractivity contribution in [1.82, 2.24) is 19.9 Å². The van der Waals surface area contributed by atoms with Crippen LogP contribution in [0.15, 0.2) is 36.7 Å². The molecule has 0 bridgehead atoms. The van der Waals surface area contributed by atoms with E-state index in [0.717, 1.165) is 0 Å². The third kappa shape index (κ3) is 5.91. The predicted molar refractivity (Wildman–Crippen MR) is 111 cm³/mol. The van der Waals surface area contributed by atoms with Crippen LogP contribution in [-0.4, -0.2) is 25.8 Å². The highest BCUT2D eigenvalue weighted by molar-refractivity contribution is 5.88. The van der Waals surface area contributed by atoms with Crippen molar-refractivity contribution in [3.05, 3.63) is 59.4 Å². The number of hydrogen-bond acceptors (Lipinski definition) is 8. The molecule has 0 saturated heterocycles. The van der Waals surface area contributed by atoms with Crippen molar-refractivity contribution in [3.8, 4) is 11.8 Å². The molecule has 2 N–H and O–H groups in total. The average Bonchev–Trinajstić information content (AvgIpc) is 2.72. The minimum Gasteiger partial charge on any atom is -0.483 e. The first-order chi connectivity index (χ1) is 15.1. The van der Waals surface area contributed by atoms with Crippen molar-refractivity contribution in [2.45, 2.75) is 33.3 Å². The van der Waals surface area contributed by atoms with Gasteiger partial charge in [-0.15, -0.1) is 0 Å². The first-order valence-corrected chi connectivity index (χ1v) is 9.40. The number of aromatic nitrogens is 4. The number of nitriles is 1. The van der Waals surface area contributed by atoms with Crippen molar-refractivity contribution >= 4 is 23.2 Å². The molecule has 3 heterocycles. The molecule has 3 aromatic heterocycles. The Kier molecular flexibility index (Phi) is 6.53. The minimum atomic E-state index is -3.22. The summed E-state index contributed by atoms with van der Waals surface area (Å²) in [7, 11) is 0. The molecule has 3 rings (SSSR count). The highest BCUT2D eigenvalue weighted by atomic mass is 19.3. The van der Waals surface area contributed by atoms with Crippen molar-refractivity contribution < 1.29 is 18.3 Å². The Hall–Kier alpha value is -4.20. The Balaban J connectivity index is 1.92. The number of pyridine rings is 2. The van der Waals surface area contributed by atoms with Crippen LogP contribution in [0.1, 0.15) is 36.6 Å². The fourth-order valence-electron chi connectivity index (χ4n) is 2.65. The van der Waals surface area contributed by atoms with Gasteiger partial charge in [-0.25, -0.2) is 15.0 Å². The lowest BCUT2D eigenvalue weighted by molar-refractivity contribution is -0.114. The van der Waals surface area contributed by atoms with E-state index in [-0.39, 0.29) is 29.9 Å². The van der Waals surface area contributed by atoms with Crippen LogP contribution >= 0.6 is 0 Å². The van der Waals surface area contributed by atoms with E-state index in [4.69, 9.17) is 10.00 Å². The summed E-state index contributed by atoms with van der Waals surface area (Å²) >= 11 is 0. The Bertz CT molecular complexity index is 1190. The summed E-state index contributed by atoms with van der Waals surface area (Å²) in [5.41, 5.74) is 1.60. The highest BCUT2D eigenvalue weighted by Crippen LogP contribution is 2.31. The largest absolute Gasteiger partial charge is 0.483 e. The second-order valence-corrected chi connectivity index (χ2v) is 6.91. The number of halogens is 2. The quantitative estimate of drug-likeness (QED) is 0.569. The van der Waals surface area contributed by atoms with Crippen LogP contribution in [0.2, 0.25) is 0 Å². The Morgan fingerprint density at radius 3 is 2.69 bits per heavy atom. The van der Waals surface area contributed by atoms with Crippen LogP contribution < -0.4 is 15.4 Å². The van der Waals surface area contributed by atoms with Gasteiger partial charge in [-0.3, -0.25) is 9.78 Å². The number of nitrogens with one attached hydrogen (secondary N) is 2. The van der Waals surface area contributed by atoms with Crippen LogP contribution in [0, 0.1) is 18.3 Å². The van der Waals surface area contributed by atoms with Gasteiger partial charge >= 0.3 is 5.92 Å². The highest BCUT2D eigenvalue weighted by Gasteiger charge is 2.29. The van der Waals surface area contributed by atoms with E-state index in [1.807, 2.05) is 6.07 Å². The predicted octanol–water partition coefficient (Wildman–Crippen LogP) is 3.84. The third-order valence-corrected chi connectivity index (χ3v) is 4.00. The average molecular weight is 439 g/mol. The standard InChI is InChI=1S/C21H19F2N7O2/c1-12-6-19(30-20(27-12)21(3,22)23)29-16-8-18(28-13(2)31)26-10-17(16)32-11-15-7-14(9-24)4-5-25-15/h4-8,10H,11H2,1-3H3,(H2,26,27,28,29,30,31). The summed E-state index contributed by atoms with van der Waals surface area (Å²) in [5, 5.41) is 14.5. The van der Waals surface area contributed by atoms with Gasteiger partial charge in [0.1, 0.15) is 18.2 Å². The topological polar surface area (TPSA) is 126 Å². The molecule has 0 spiro atoms. The molecule has 0 aliphatic rings. The smallest absolute Gasteiger partial charge is 0.303 e. The lowest BCUT2D eigenvalue weighted by Gasteiger charge is -2.16. The number of aryl methyl sites for hydroxylation is 1. The number of carbonyl (C=O) groups excluding carboxylic acids is 1. The van der Waals surface area contributed by atoms with Gasteiger partial charge in [-0.2, -0.15) is 14.0 Å². The molecule has 3 aromatic rings. The van der Waals surface area contributed by atoms with Crippen LogP contribution in [-0.2, 0) is 17.3 Å². The van der Waals surface area contributed by atoms with Gasteiger partial charge in [0.25, 0.3) is 0 Å². The molecule has 0 radical (unpaired) electrons. The number of amides is 1. The fraction of sp³-hybridized carbons (Fsp3) is 0.238. The lowest BCUT2D eigenvalue weighted by Crippen LogP contribution is -2.14. The molecule has 0 aliphatic heterocycles. The molecule has 0 aliphatic carbocycles. The molecule has 9 nitrogen and oxygen atoms in total. The van der Waals surface area contributed by atoms with Gasteiger partial charge in [-0.05, 0) is 19.1 Å². The summed E-state index contributed by atoms with van der Waals surface area (Å²) in [6, 6.07) is 8.15. The summed E-state index contributed by atoms with van der Waals surface area (Å²) in [5.74, 6) is -3.59. The maximum Gasteiger partial charge on any atom is 0.303 e. The van der Waals surface area contributed by atoms with E-state index < -0.39 is 11.7 Å². The summed E-state index contributed by atoms with van der Waals surface area (Å²) in [4.78, 5) is 27.3. The fourth-order valence-corrected chi connectivity index (χ4v) is 2.65. The van der Waals surface area contributed by atoms with Crippen LogP contribution in [0.4, 0.5) is 26.1 Å². The number of ether oxygens (including phenoxy) is 1. The zero-order valence-corrected chi connectivity index (χ0v) is 17.5. The summed E-state index contributed by atoms with van der Waals surface area (Å²) < 4.78 is 33.3. The number of carbonyl (C=O) groups is 1. The molecule has 0 atom stereocenters. The maximum atomic E-state index is 13.7. The molecule has 32 heavy (non-hydrogen) atoms. The van der Waals surface area contributed by atoms with Gasteiger partial charge in [-0.1, -0.05) is 0 Å². The number of hydrogen-bond donors (Lipinski definition) is 2. The van der Waals surface area contributed by atoms with Gasteiger partial charge in [0.15, 0.2) is 5.75 Å². The zero-order valence-electron chi connectivity index (χ0n) is 17.5. The van der Waals surface area contributed by atoms with E-state index in [1.165, 1.54) is 31.5 Å². The summed E-state index contributed by atoms with van der Waals surface area (Å²) in [6.45, 7) is 3.63. The van der Waals surface area contributed by atoms with E-state index in [1.54, 1.807) is 19.1 Å². The van der Waals surface area contributed by atoms with Crippen molar-refractivity contribution in [2.75, 3.05) is 10.6 Å². The minimum absolute atomic E-state index is 0.0203. The Morgan fingerprint density at radius 2 is 2.00 bits per heavy atom.